The summed E-state index contributed by atoms with van der Waals surface area (Å²) in [7, 11) is -3.83. The van der Waals surface area contributed by atoms with Gasteiger partial charge in [-0.2, -0.15) is 0 Å². The summed E-state index contributed by atoms with van der Waals surface area (Å²) in [6.07, 6.45) is -0.604. The molecular weight excluding hydrogens is 356 g/mol. The van der Waals surface area contributed by atoms with E-state index in [0.717, 1.165) is 0 Å². The Morgan fingerprint density at radius 3 is 2.23 bits per heavy atom. The van der Waals surface area contributed by atoms with Gasteiger partial charge in [0.05, 0.1) is 17.5 Å². The van der Waals surface area contributed by atoms with Crippen LogP contribution >= 0.6 is 0 Å². The first-order valence-corrected chi connectivity index (χ1v) is 9.92. The Hall–Kier alpha value is -1.64. The minimum Gasteiger partial charge on any atom is -0.444 e. The molecule has 0 unspecified atom stereocenters. The lowest BCUT2D eigenvalue weighted by Gasteiger charge is -2.32. The summed E-state index contributed by atoms with van der Waals surface area (Å²) in [6, 6.07) is 5.74. The van der Waals surface area contributed by atoms with E-state index in [1.54, 1.807) is 39.0 Å². The zero-order chi connectivity index (χ0) is 20.2. The predicted molar refractivity (Wildman–Crippen MR) is 100 cm³/mol. The van der Waals surface area contributed by atoms with Gasteiger partial charge in [0.2, 0.25) is 10.0 Å². The van der Waals surface area contributed by atoms with Crippen molar-refractivity contribution in [2.45, 2.75) is 64.7 Å². The summed E-state index contributed by atoms with van der Waals surface area (Å²) in [4.78, 5) is 12.1. The normalized spacial score (nSPS) is 14.0. The van der Waals surface area contributed by atoms with E-state index in [9.17, 15) is 18.3 Å². The molecule has 0 heterocycles. The second-order valence-corrected chi connectivity index (χ2v) is 9.92. The molecule has 26 heavy (non-hydrogen) atoms. The SMILES string of the molecule is CC(C)(C)OC(=O)N[C@@H](CNS(=O)(=O)c1ccccc1CO)C(C)(C)C. The maximum Gasteiger partial charge on any atom is 0.407 e. The van der Waals surface area contributed by atoms with Crippen molar-refractivity contribution < 1.29 is 23.1 Å². The quantitative estimate of drug-likeness (QED) is 0.696. The Morgan fingerprint density at radius 1 is 1.15 bits per heavy atom. The number of amides is 1. The molecule has 0 aliphatic heterocycles. The van der Waals surface area contributed by atoms with E-state index >= 15 is 0 Å². The molecule has 0 aliphatic carbocycles. The third-order valence-corrected chi connectivity index (χ3v) is 5.17. The van der Waals surface area contributed by atoms with Crippen LogP contribution in [-0.2, 0) is 21.4 Å². The molecule has 7 nitrogen and oxygen atoms in total. The van der Waals surface area contributed by atoms with Gasteiger partial charge in [0.1, 0.15) is 5.60 Å². The molecule has 3 N–H and O–H groups in total. The topological polar surface area (TPSA) is 105 Å². The van der Waals surface area contributed by atoms with Gasteiger partial charge in [0.25, 0.3) is 0 Å². The molecule has 1 rings (SSSR count). The average molecular weight is 387 g/mol. The third kappa shape index (κ3) is 6.93. The molecule has 0 radical (unpaired) electrons. The molecule has 1 aromatic rings. The summed E-state index contributed by atoms with van der Waals surface area (Å²) in [5.74, 6) is 0. The van der Waals surface area contributed by atoms with E-state index in [-0.39, 0.29) is 18.0 Å². The Labute approximate surface area is 156 Å². The number of benzene rings is 1. The largest absolute Gasteiger partial charge is 0.444 e. The number of rotatable bonds is 6. The molecule has 0 fully saturated rings. The van der Waals surface area contributed by atoms with E-state index in [4.69, 9.17) is 4.74 Å². The number of aliphatic hydroxyl groups excluding tert-OH is 1. The summed E-state index contributed by atoms with van der Waals surface area (Å²) >= 11 is 0. The molecule has 0 aliphatic rings. The fraction of sp³-hybridized carbons (Fsp3) is 0.611. The van der Waals surface area contributed by atoms with Crippen molar-refractivity contribution in [3.8, 4) is 0 Å². The number of sulfonamides is 1. The zero-order valence-electron chi connectivity index (χ0n) is 16.3. The number of alkyl carbamates (subject to hydrolysis) is 1. The fourth-order valence-corrected chi connectivity index (χ4v) is 3.47. The van der Waals surface area contributed by atoms with Crippen LogP contribution in [0.3, 0.4) is 0 Å². The Morgan fingerprint density at radius 2 is 1.73 bits per heavy atom. The second-order valence-electron chi connectivity index (χ2n) is 8.18. The van der Waals surface area contributed by atoms with Crippen molar-refractivity contribution >= 4 is 16.1 Å². The molecule has 1 aromatic carbocycles. The molecule has 0 bridgehead atoms. The molecule has 0 saturated carbocycles. The van der Waals surface area contributed by atoms with E-state index in [1.165, 1.54) is 6.07 Å². The highest BCUT2D eigenvalue weighted by atomic mass is 32.2. The smallest absolute Gasteiger partial charge is 0.407 e. The Kier molecular flexibility index (Phi) is 7.21. The minimum atomic E-state index is -3.83. The highest BCUT2D eigenvalue weighted by Crippen LogP contribution is 2.21. The van der Waals surface area contributed by atoms with Crippen LogP contribution in [-0.4, -0.2) is 37.8 Å². The van der Waals surface area contributed by atoms with E-state index in [0.29, 0.717) is 5.56 Å². The van der Waals surface area contributed by atoms with Crippen molar-refractivity contribution in [2.24, 2.45) is 5.41 Å². The van der Waals surface area contributed by atoms with Crippen molar-refractivity contribution in [3.05, 3.63) is 29.8 Å². The minimum absolute atomic E-state index is 0.00909. The van der Waals surface area contributed by atoms with Crippen molar-refractivity contribution in [3.63, 3.8) is 0 Å². The van der Waals surface area contributed by atoms with Crippen LogP contribution in [0.15, 0.2) is 29.2 Å². The molecule has 0 saturated heterocycles. The van der Waals surface area contributed by atoms with E-state index in [1.807, 2.05) is 20.8 Å². The van der Waals surface area contributed by atoms with Gasteiger partial charge in [0, 0.05) is 6.54 Å². The van der Waals surface area contributed by atoms with Crippen molar-refractivity contribution in [2.75, 3.05) is 6.54 Å². The first-order valence-electron chi connectivity index (χ1n) is 8.44. The van der Waals surface area contributed by atoms with Gasteiger partial charge in [-0.25, -0.2) is 17.9 Å². The summed E-state index contributed by atoms with van der Waals surface area (Å²) < 4.78 is 33.0. The van der Waals surface area contributed by atoms with Crippen molar-refractivity contribution in [1.82, 2.24) is 10.0 Å². The molecule has 0 spiro atoms. The molecular formula is C18H30N2O5S. The van der Waals surface area contributed by atoms with Gasteiger partial charge in [-0.3, -0.25) is 0 Å². The monoisotopic (exact) mass is 386 g/mol. The van der Waals surface area contributed by atoms with Gasteiger partial charge in [-0.05, 0) is 37.8 Å². The van der Waals surface area contributed by atoms with Gasteiger partial charge in [0.15, 0.2) is 0 Å². The highest BCUT2D eigenvalue weighted by molar-refractivity contribution is 7.89. The number of carbonyl (C=O) groups is 1. The number of ether oxygens (including phenoxy) is 1. The molecule has 148 valence electrons. The van der Waals surface area contributed by atoms with Gasteiger partial charge >= 0.3 is 6.09 Å². The lowest BCUT2D eigenvalue weighted by atomic mass is 9.87. The summed E-state index contributed by atoms with van der Waals surface area (Å²) in [5.41, 5.74) is -0.741. The number of hydrogen-bond donors (Lipinski definition) is 3. The molecule has 1 amide bonds. The highest BCUT2D eigenvalue weighted by Gasteiger charge is 2.30. The first kappa shape index (κ1) is 22.4. The summed E-state index contributed by atoms with van der Waals surface area (Å²) in [6.45, 7) is 10.6. The van der Waals surface area contributed by atoms with Crippen LogP contribution in [0.2, 0.25) is 0 Å². The lowest BCUT2D eigenvalue weighted by molar-refractivity contribution is 0.0466. The van der Waals surface area contributed by atoms with Crippen LogP contribution < -0.4 is 10.0 Å². The first-order chi connectivity index (χ1) is 11.8. The number of nitrogens with one attached hydrogen (secondary N) is 2. The predicted octanol–water partition coefficient (Wildman–Crippen LogP) is 2.40. The zero-order valence-corrected chi connectivity index (χ0v) is 17.1. The second kappa shape index (κ2) is 8.37. The van der Waals surface area contributed by atoms with Gasteiger partial charge in [-0.1, -0.05) is 39.0 Å². The number of carbonyl (C=O) groups excluding carboxylic acids is 1. The van der Waals surface area contributed by atoms with Crippen molar-refractivity contribution in [1.29, 1.82) is 0 Å². The van der Waals surface area contributed by atoms with Crippen LogP contribution in [0.25, 0.3) is 0 Å². The lowest BCUT2D eigenvalue weighted by Crippen LogP contribution is -2.51. The van der Waals surface area contributed by atoms with Crippen LogP contribution in [0.4, 0.5) is 4.79 Å². The maximum absolute atomic E-state index is 12.6. The molecule has 0 aromatic heterocycles. The maximum atomic E-state index is 12.6. The Balaban J connectivity index is 2.91. The van der Waals surface area contributed by atoms with Crippen LogP contribution in [0, 0.1) is 5.41 Å². The van der Waals surface area contributed by atoms with Crippen LogP contribution in [0.5, 0.6) is 0 Å². The Bertz CT molecular complexity index is 718. The van der Waals surface area contributed by atoms with Crippen LogP contribution in [0.1, 0.15) is 47.1 Å². The van der Waals surface area contributed by atoms with E-state index in [2.05, 4.69) is 10.0 Å². The van der Waals surface area contributed by atoms with Gasteiger partial charge in [-0.15, -0.1) is 0 Å². The number of hydrogen-bond acceptors (Lipinski definition) is 5. The number of aliphatic hydroxyl groups is 1. The average Bonchev–Trinajstić information content (AvgIpc) is 2.48. The molecule has 1 atom stereocenters. The fourth-order valence-electron chi connectivity index (χ4n) is 2.19. The standard InChI is InChI=1S/C18H30N2O5S/c1-17(2,3)15(20-16(22)25-18(4,5)6)11-19-26(23,24)14-10-8-7-9-13(14)12-21/h7-10,15,19,21H,11-12H2,1-6H3,(H,20,22)/t15-/m0/s1. The summed E-state index contributed by atoms with van der Waals surface area (Å²) in [5, 5.41) is 12.1. The van der Waals surface area contributed by atoms with Gasteiger partial charge < -0.3 is 15.2 Å². The van der Waals surface area contributed by atoms with E-state index < -0.39 is 33.2 Å². The third-order valence-electron chi connectivity index (χ3n) is 3.65. The molecule has 8 heteroatoms.